The lowest BCUT2D eigenvalue weighted by Crippen LogP contribution is -1.88. The van der Waals surface area contributed by atoms with E-state index in [0.717, 1.165) is 5.57 Å². The average Bonchev–Trinajstić information content (AvgIpc) is 2.83. The van der Waals surface area contributed by atoms with E-state index in [4.69, 9.17) is 0 Å². The second kappa shape index (κ2) is 3.00. The molecule has 2 rings (SSSR count). The molecular weight excluding hydrogens is 158 g/mol. The highest BCUT2D eigenvalue weighted by Crippen LogP contribution is 2.32. The molecule has 1 nitrogen and oxygen atoms in total. The van der Waals surface area contributed by atoms with Gasteiger partial charge in [-0.05, 0) is 25.1 Å². The lowest BCUT2D eigenvalue weighted by atomic mass is 10.1. The van der Waals surface area contributed by atoms with Gasteiger partial charge in [0.25, 0.3) is 0 Å². The normalized spacial score (nSPS) is 25.7. The first kappa shape index (κ1) is 8.52. The summed E-state index contributed by atoms with van der Waals surface area (Å²) in [5, 5.41) is 0. The third kappa shape index (κ3) is 1.65. The molecule has 13 heavy (non-hydrogen) atoms. The molecule has 0 amide bonds. The van der Waals surface area contributed by atoms with E-state index in [1.165, 1.54) is 17.7 Å². The highest BCUT2D eigenvalue weighted by atomic mass is 15.3. The van der Waals surface area contributed by atoms with Crippen molar-refractivity contribution in [3.05, 3.63) is 42.0 Å². The van der Waals surface area contributed by atoms with E-state index in [1.54, 1.807) is 0 Å². The molecular formula is C12H15N. The van der Waals surface area contributed by atoms with Crippen LogP contribution in [0.2, 0.25) is 0 Å². The van der Waals surface area contributed by atoms with Crippen LogP contribution in [0.15, 0.2) is 30.8 Å². The van der Waals surface area contributed by atoms with Gasteiger partial charge in [0.15, 0.2) is 0 Å². The molecule has 0 bridgehead atoms. The van der Waals surface area contributed by atoms with Gasteiger partial charge < -0.3 is 0 Å². The van der Waals surface area contributed by atoms with Crippen LogP contribution in [0.25, 0.3) is 5.57 Å². The second-order valence-corrected chi connectivity index (χ2v) is 3.86. The van der Waals surface area contributed by atoms with Crippen molar-refractivity contribution in [1.82, 2.24) is 4.90 Å². The molecule has 1 fully saturated rings. The summed E-state index contributed by atoms with van der Waals surface area (Å²) in [6.07, 6.45) is 0. The molecule has 1 aromatic carbocycles. The van der Waals surface area contributed by atoms with Crippen LogP contribution in [-0.4, -0.2) is 18.5 Å². The summed E-state index contributed by atoms with van der Waals surface area (Å²) in [6.45, 7) is 7.16. The van der Waals surface area contributed by atoms with Crippen LogP contribution in [0.1, 0.15) is 24.1 Å². The predicted molar refractivity (Wildman–Crippen MR) is 56.5 cm³/mol. The second-order valence-electron chi connectivity index (χ2n) is 3.86. The van der Waals surface area contributed by atoms with E-state index in [0.29, 0.717) is 6.04 Å². The number of hydrogen-bond acceptors (Lipinski definition) is 1. The van der Waals surface area contributed by atoms with Crippen molar-refractivity contribution in [2.45, 2.75) is 13.0 Å². The molecule has 0 spiro atoms. The summed E-state index contributed by atoms with van der Waals surface area (Å²) < 4.78 is 0. The zero-order valence-electron chi connectivity index (χ0n) is 8.25. The molecule has 0 radical (unpaired) electrons. The summed E-state index contributed by atoms with van der Waals surface area (Å²) in [6, 6.07) is 9.39. The van der Waals surface area contributed by atoms with Crippen molar-refractivity contribution in [3.63, 3.8) is 0 Å². The minimum Gasteiger partial charge on any atom is -0.296 e. The van der Waals surface area contributed by atoms with Gasteiger partial charge in [-0.15, -0.1) is 0 Å². The Labute approximate surface area is 79.7 Å². The fraction of sp³-hybridized carbons (Fsp3) is 0.333. The maximum Gasteiger partial charge on any atom is 0.0473 e. The van der Waals surface area contributed by atoms with Crippen LogP contribution in [0.4, 0.5) is 0 Å². The van der Waals surface area contributed by atoms with Gasteiger partial charge in [-0.2, -0.15) is 0 Å². The SMILES string of the molecule is C=C(C)c1ccc(C2CN2C)cc1. The third-order valence-electron chi connectivity index (χ3n) is 2.65. The van der Waals surface area contributed by atoms with Crippen molar-refractivity contribution in [3.8, 4) is 0 Å². The van der Waals surface area contributed by atoms with Gasteiger partial charge in [-0.25, -0.2) is 0 Å². The van der Waals surface area contributed by atoms with Gasteiger partial charge in [-0.3, -0.25) is 4.90 Å². The van der Waals surface area contributed by atoms with E-state index in [9.17, 15) is 0 Å². The van der Waals surface area contributed by atoms with Gasteiger partial charge in [-0.1, -0.05) is 36.4 Å². The monoisotopic (exact) mass is 173 g/mol. The zero-order valence-corrected chi connectivity index (χ0v) is 8.25. The molecule has 1 saturated heterocycles. The van der Waals surface area contributed by atoms with Crippen molar-refractivity contribution >= 4 is 5.57 Å². The van der Waals surface area contributed by atoms with Crippen LogP contribution in [0.3, 0.4) is 0 Å². The van der Waals surface area contributed by atoms with E-state index < -0.39 is 0 Å². The fourth-order valence-corrected chi connectivity index (χ4v) is 1.58. The van der Waals surface area contributed by atoms with Crippen LogP contribution >= 0.6 is 0 Å². The number of hydrogen-bond donors (Lipinski definition) is 0. The molecule has 68 valence electrons. The average molecular weight is 173 g/mol. The topological polar surface area (TPSA) is 3.01 Å². The van der Waals surface area contributed by atoms with E-state index in [1.807, 2.05) is 6.92 Å². The number of rotatable bonds is 2. The first-order valence-corrected chi connectivity index (χ1v) is 4.64. The molecule has 1 heteroatoms. The lowest BCUT2D eigenvalue weighted by molar-refractivity contribution is 0.631. The Morgan fingerprint density at radius 3 is 2.31 bits per heavy atom. The van der Waals surface area contributed by atoms with Gasteiger partial charge in [0, 0.05) is 12.6 Å². The van der Waals surface area contributed by atoms with Crippen molar-refractivity contribution < 1.29 is 0 Å². The lowest BCUT2D eigenvalue weighted by Gasteiger charge is -2.02. The summed E-state index contributed by atoms with van der Waals surface area (Å²) in [5.74, 6) is 0. The van der Waals surface area contributed by atoms with Gasteiger partial charge >= 0.3 is 0 Å². The smallest absolute Gasteiger partial charge is 0.0473 e. The number of allylic oxidation sites excluding steroid dienone is 1. The van der Waals surface area contributed by atoms with Crippen molar-refractivity contribution in [2.75, 3.05) is 13.6 Å². The quantitative estimate of drug-likeness (QED) is 0.621. The van der Waals surface area contributed by atoms with E-state index in [2.05, 4.69) is 42.8 Å². The van der Waals surface area contributed by atoms with Crippen LogP contribution < -0.4 is 0 Å². The molecule has 1 aliphatic rings. The Morgan fingerprint density at radius 2 is 1.92 bits per heavy atom. The molecule has 0 aliphatic carbocycles. The molecule has 0 saturated carbocycles. The minimum atomic E-state index is 0.666. The molecule has 1 aromatic rings. The van der Waals surface area contributed by atoms with Gasteiger partial charge in [0.2, 0.25) is 0 Å². The van der Waals surface area contributed by atoms with Crippen LogP contribution in [-0.2, 0) is 0 Å². The Bertz CT molecular complexity index is 323. The largest absolute Gasteiger partial charge is 0.296 e. The van der Waals surface area contributed by atoms with Crippen LogP contribution in [0, 0.1) is 0 Å². The fourth-order valence-electron chi connectivity index (χ4n) is 1.58. The van der Waals surface area contributed by atoms with Crippen molar-refractivity contribution in [1.29, 1.82) is 0 Å². The molecule has 1 heterocycles. The maximum absolute atomic E-state index is 3.92. The molecule has 1 aliphatic heterocycles. The summed E-state index contributed by atoms with van der Waals surface area (Å²) in [5.41, 5.74) is 3.80. The highest BCUT2D eigenvalue weighted by Gasteiger charge is 2.30. The number of benzene rings is 1. The van der Waals surface area contributed by atoms with Gasteiger partial charge in [0.1, 0.15) is 0 Å². The van der Waals surface area contributed by atoms with E-state index >= 15 is 0 Å². The summed E-state index contributed by atoms with van der Waals surface area (Å²) in [4.78, 5) is 2.33. The Kier molecular flexibility index (Phi) is 1.97. The maximum atomic E-state index is 3.92. The molecule has 2 atom stereocenters. The first-order valence-electron chi connectivity index (χ1n) is 4.64. The van der Waals surface area contributed by atoms with Crippen molar-refractivity contribution in [2.24, 2.45) is 0 Å². The standard InChI is InChI=1S/C12H15N/c1-9(2)10-4-6-11(7-5-10)12-8-13(12)3/h4-7,12H,1,8H2,2-3H3. The molecule has 0 aromatic heterocycles. The van der Waals surface area contributed by atoms with Crippen LogP contribution in [0.5, 0.6) is 0 Å². The highest BCUT2D eigenvalue weighted by molar-refractivity contribution is 5.61. The predicted octanol–water partition coefficient (Wildman–Crippen LogP) is 2.71. The van der Waals surface area contributed by atoms with E-state index in [-0.39, 0.29) is 0 Å². The minimum absolute atomic E-state index is 0.666. The Morgan fingerprint density at radius 1 is 1.38 bits per heavy atom. The molecule has 0 N–H and O–H groups in total. The number of nitrogens with zero attached hydrogens (tertiary/aromatic N) is 1. The zero-order chi connectivity index (χ0) is 9.42. The first-order chi connectivity index (χ1) is 6.18. The summed E-state index contributed by atoms with van der Waals surface area (Å²) in [7, 11) is 2.15. The Hall–Kier alpha value is -1.08. The van der Waals surface area contributed by atoms with Gasteiger partial charge in [0.05, 0.1) is 0 Å². The molecule has 2 unspecified atom stereocenters. The third-order valence-corrected chi connectivity index (χ3v) is 2.65. The summed E-state index contributed by atoms with van der Waals surface area (Å²) >= 11 is 0. The Balaban J connectivity index is 2.19. The number of likely N-dealkylation sites (N-methyl/N-ethyl adjacent to an activating group) is 1.